The summed E-state index contributed by atoms with van der Waals surface area (Å²) in [5, 5.41) is 8.75. The van der Waals surface area contributed by atoms with Crippen LogP contribution in [0.25, 0.3) is 0 Å². The first-order valence-electron chi connectivity index (χ1n) is 4.43. The number of hydrazine groups is 1. The van der Waals surface area contributed by atoms with Crippen LogP contribution in [0.1, 0.15) is 27.7 Å². The molecule has 6 N–H and O–H groups in total. The highest BCUT2D eigenvalue weighted by Gasteiger charge is 2.23. The predicted octanol–water partition coefficient (Wildman–Crippen LogP) is 0.478. The number of nitrogens with two attached hydrogens (primary N) is 2. The van der Waals surface area contributed by atoms with E-state index in [1.165, 1.54) is 4.90 Å². The molecule has 0 aliphatic carbocycles. The molecule has 1 amide bonds. The fourth-order valence-electron chi connectivity index (χ4n) is 0.897. The molecule has 0 aromatic heterocycles. The van der Waals surface area contributed by atoms with E-state index < -0.39 is 6.09 Å². The van der Waals surface area contributed by atoms with Crippen molar-refractivity contribution < 1.29 is 9.90 Å². The van der Waals surface area contributed by atoms with E-state index in [0.29, 0.717) is 6.54 Å². The monoisotopic (exact) mass is 236 g/mol. The summed E-state index contributed by atoms with van der Waals surface area (Å²) in [7, 11) is 0. The predicted molar refractivity (Wildman–Crippen MR) is 64.3 cm³/mol. The van der Waals surface area contributed by atoms with Crippen molar-refractivity contribution in [3.8, 4) is 0 Å². The summed E-state index contributed by atoms with van der Waals surface area (Å²) in [5.74, 6) is 4.66. The molecule has 0 fully saturated rings. The van der Waals surface area contributed by atoms with E-state index in [-0.39, 0.29) is 10.7 Å². The van der Waals surface area contributed by atoms with Crippen LogP contribution in [-0.4, -0.2) is 33.3 Å². The van der Waals surface area contributed by atoms with Gasteiger partial charge in [-0.2, -0.15) is 0 Å². The lowest BCUT2D eigenvalue weighted by Gasteiger charge is -2.31. The van der Waals surface area contributed by atoms with Gasteiger partial charge < -0.3 is 21.2 Å². The molecule has 0 heterocycles. The highest BCUT2D eigenvalue weighted by molar-refractivity contribution is 7.80. The molecule has 0 aromatic rings. The summed E-state index contributed by atoms with van der Waals surface area (Å²) >= 11 is 4.24. The molecule has 0 bridgehead atoms. The van der Waals surface area contributed by atoms with Gasteiger partial charge in [0.2, 0.25) is 0 Å². The zero-order chi connectivity index (χ0) is 12.6. The number of nitrogens with one attached hydrogen (secondary N) is 1. The van der Waals surface area contributed by atoms with Crippen molar-refractivity contribution in [2.24, 2.45) is 11.6 Å². The Morgan fingerprint density at radius 2 is 1.87 bits per heavy atom. The van der Waals surface area contributed by atoms with Gasteiger partial charge in [-0.05, 0) is 39.9 Å². The second-order valence-corrected chi connectivity index (χ2v) is 4.15. The van der Waals surface area contributed by atoms with E-state index in [1.807, 2.05) is 33.1 Å². The third kappa shape index (κ3) is 9.23. The van der Waals surface area contributed by atoms with Crippen LogP contribution < -0.4 is 17.0 Å². The van der Waals surface area contributed by atoms with Crippen molar-refractivity contribution in [2.75, 3.05) is 6.54 Å². The summed E-state index contributed by atoms with van der Waals surface area (Å²) in [6.07, 6.45) is -0.852. The molecule has 0 saturated carbocycles. The van der Waals surface area contributed by atoms with Gasteiger partial charge in [0.25, 0.3) is 0 Å². The Kier molecular flexibility index (Phi) is 7.90. The molecule has 90 valence electrons. The first kappa shape index (κ1) is 16.4. The van der Waals surface area contributed by atoms with Crippen LogP contribution in [0.5, 0.6) is 0 Å². The lowest BCUT2D eigenvalue weighted by molar-refractivity contribution is 0.104. The third-order valence-corrected chi connectivity index (χ3v) is 1.62. The largest absolute Gasteiger partial charge is 0.465 e. The second kappa shape index (κ2) is 7.24. The number of hydrogen-bond acceptors (Lipinski definition) is 3. The number of carbonyl (C=O) groups is 1. The first-order chi connectivity index (χ1) is 6.66. The Bertz CT molecular complexity index is 215. The maximum absolute atomic E-state index is 10.5. The minimum Gasteiger partial charge on any atom is -0.465 e. The molecule has 15 heavy (non-hydrogen) atoms. The maximum atomic E-state index is 10.5. The number of amides is 1. The van der Waals surface area contributed by atoms with E-state index >= 15 is 0 Å². The van der Waals surface area contributed by atoms with E-state index in [1.54, 1.807) is 0 Å². The number of hydrogen-bond donors (Lipinski definition) is 4. The van der Waals surface area contributed by atoms with E-state index in [9.17, 15) is 4.79 Å². The average molecular weight is 236 g/mol. The molecule has 0 aromatic carbocycles. The zero-order valence-corrected chi connectivity index (χ0v) is 10.4. The summed E-state index contributed by atoms with van der Waals surface area (Å²) in [5.41, 5.74) is 6.55. The summed E-state index contributed by atoms with van der Waals surface area (Å²) < 4.78 is 0. The highest BCUT2D eigenvalue weighted by Crippen LogP contribution is 2.11. The fourth-order valence-corrected chi connectivity index (χ4v) is 0.897. The van der Waals surface area contributed by atoms with Crippen molar-refractivity contribution in [2.45, 2.75) is 33.2 Å². The van der Waals surface area contributed by atoms with Crippen molar-refractivity contribution in [3.05, 3.63) is 0 Å². The van der Waals surface area contributed by atoms with Crippen LogP contribution in [0.4, 0.5) is 4.79 Å². The molecular formula is C8H20N4O2S. The third-order valence-electron chi connectivity index (χ3n) is 1.50. The molecule has 0 rings (SSSR count). The molecule has 0 radical (unpaired) electrons. The molecule has 0 aliphatic heterocycles. The number of nitrogens with zero attached hydrogens (tertiary/aromatic N) is 1. The Balaban J connectivity index is 0. The minimum atomic E-state index is -0.852. The van der Waals surface area contributed by atoms with Gasteiger partial charge in [-0.15, -0.1) is 0 Å². The van der Waals surface area contributed by atoms with Gasteiger partial charge >= 0.3 is 6.09 Å². The minimum absolute atomic E-state index is 0.116. The quantitative estimate of drug-likeness (QED) is 0.300. The highest BCUT2D eigenvalue weighted by atomic mass is 32.1. The van der Waals surface area contributed by atoms with Gasteiger partial charge in [-0.25, -0.2) is 10.6 Å². The van der Waals surface area contributed by atoms with Crippen LogP contribution in [0.3, 0.4) is 0 Å². The van der Waals surface area contributed by atoms with Crippen LogP contribution in [0.15, 0.2) is 0 Å². The summed E-state index contributed by atoms with van der Waals surface area (Å²) in [6.45, 7) is 8.01. The van der Waals surface area contributed by atoms with E-state index in [0.717, 1.165) is 0 Å². The molecule has 7 heteroatoms. The molecule has 6 nitrogen and oxygen atoms in total. The molecule has 0 spiro atoms. The normalized spacial score (nSPS) is 9.67. The van der Waals surface area contributed by atoms with Crippen molar-refractivity contribution in [1.29, 1.82) is 0 Å². The zero-order valence-electron chi connectivity index (χ0n) is 9.57. The lowest BCUT2D eigenvalue weighted by atomic mass is 10.1. The fraction of sp³-hybridized carbons (Fsp3) is 0.750. The molecule has 0 saturated heterocycles. The van der Waals surface area contributed by atoms with Crippen LogP contribution in [0, 0.1) is 0 Å². The topological polar surface area (TPSA) is 105 Å². The Labute approximate surface area is 95.6 Å². The maximum Gasteiger partial charge on any atom is 0.407 e. The summed E-state index contributed by atoms with van der Waals surface area (Å²) in [6, 6.07) is 0. The smallest absolute Gasteiger partial charge is 0.407 e. The van der Waals surface area contributed by atoms with E-state index in [2.05, 4.69) is 18.1 Å². The second-order valence-electron chi connectivity index (χ2n) is 3.71. The first-order valence-corrected chi connectivity index (χ1v) is 4.84. The van der Waals surface area contributed by atoms with E-state index in [4.69, 9.17) is 10.8 Å². The number of rotatable bonds is 1. The molecule has 0 aliphatic rings. The van der Waals surface area contributed by atoms with Crippen molar-refractivity contribution >= 4 is 23.4 Å². The number of carboxylic acid groups (broad SMARTS) is 1. The van der Waals surface area contributed by atoms with Gasteiger partial charge in [0, 0.05) is 12.1 Å². The van der Waals surface area contributed by atoms with Gasteiger partial charge in [-0.1, -0.05) is 0 Å². The lowest BCUT2D eigenvalue weighted by Crippen LogP contribution is -2.44. The molecule has 0 atom stereocenters. The Morgan fingerprint density at radius 3 is 1.87 bits per heavy atom. The van der Waals surface area contributed by atoms with Crippen molar-refractivity contribution in [1.82, 2.24) is 10.3 Å². The Hall–Kier alpha value is -1.08. The molecule has 0 unspecified atom stereocenters. The van der Waals surface area contributed by atoms with Gasteiger partial charge in [0.1, 0.15) is 0 Å². The van der Waals surface area contributed by atoms with Crippen molar-refractivity contribution in [3.63, 3.8) is 0 Å². The van der Waals surface area contributed by atoms with Crippen LogP contribution in [-0.2, 0) is 0 Å². The molecular weight excluding hydrogens is 216 g/mol. The van der Waals surface area contributed by atoms with Gasteiger partial charge in [0.15, 0.2) is 5.11 Å². The summed E-state index contributed by atoms with van der Waals surface area (Å²) in [4.78, 5) is 11.9. The standard InChI is InChI=1S/C7H15NO2.CH5N3S/c1-5-8(6(9)10)7(2,3)4;2-1(5)4-3/h5H2,1-4H3,(H,9,10);3H2,(H3,2,4,5). The average Bonchev–Trinajstić information content (AvgIpc) is 2.02. The van der Waals surface area contributed by atoms with Crippen LogP contribution in [0.2, 0.25) is 0 Å². The van der Waals surface area contributed by atoms with Gasteiger partial charge in [-0.3, -0.25) is 0 Å². The number of thiocarbonyl (C=S) groups is 1. The SMILES string of the molecule is CCN(C(=O)O)C(C)(C)C.NNC(N)=S. The van der Waals surface area contributed by atoms with Gasteiger partial charge in [0.05, 0.1) is 0 Å². The van der Waals surface area contributed by atoms with Crippen LogP contribution >= 0.6 is 12.2 Å². The Morgan fingerprint density at radius 1 is 1.53 bits per heavy atom.